The summed E-state index contributed by atoms with van der Waals surface area (Å²) in [6, 6.07) is 4.00. The van der Waals surface area contributed by atoms with Crippen molar-refractivity contribution in [3.8, 4) is 0 Å². The molecular formula is C18H26N4O3S. The molecule has 0 bridgehead atoms. The summed E-state index contributed by atoms with van der Waals surface area (Å²) in [4.78, 5) is 12.4. The van der Waals surface area contributed by atoms with Crippen molar-refractivity contribution in [3.63, 3.8) is 0 Å². The molecule has 0 saturated carbocycles. The lowest BCUT2D eigenvalue weighted by molar-refractivity contribution is -0.404. The highest BCUT2D eigenvalue weighted by Gasteiger charge is 2.07. The second kappa shape index (κ2) is 10.7. The first kappa shape index (κ1) is 20.1. The molecule has 1 aliphatic carbocycles. The van der Waals surface area contributed by atoms with E-state index < -0.39 is 4.92 Å². The highest BCUT2D eigenvalue weighted by molar-refractivity contribution is 7.98. The van der Waals surface area contributed by atoms with Gasteiger partial charge in [0.1, 0.15) is 11.5 Å². The lowest BCUT2D eigenvalue weighted by atomic mass is 10.1. The molecule has 1 aromatic rings. The van der Waals surface area contributed by atoms with Gasteiger partial charge in [-0.25, -0.2) is 0 Å². The summed E-state index contributed by atoms with van der Waals surface area (Å²) in [5.41, 5.74) is 0.977. The van der Waals surface area contributed by atoms with Gasteiger partial charge in [0.25, 0.3) is 6.20 Å². The number of nitro groups is 1. The minimum Gasteiger partial charge on any atom is -0.464 e. The molecular weight excluding hydrogens is 352 g/mol. The predicted octanol–water partition coefficient (Wildman–Crippen LogP) is 3.06. The van der Waals surface area contributed by atoms with E-state index in [1.807, 2.05) is 32.3 Å². The number of nitrogens with zero attached hydrogens (tertiary/aromatic N) is 2. The second-order valence-corrected chi connectivity index (χ2v) is 7.28. The SMILES string of the molecule is CN(C)Cc1ccc(CSCCNC(=C[N+](=O)[O-])NC2=CCC=CC2)o1. The van der Waals surface area contributed by atoms with Crippen molar-refractivity contribution in [1.82, 2.24) is 15.5 Å². The Bertz CT molecular complexity index is 680. The molecule has 8 heteroatoms. The number of hydrogen-bond acceptors (Lipinski definition) is 7. The molecule has 1 aliphatic rings. The third kappa shape index (κ3) is 7.79. The lowest BCUT2D eigenvalue weighted by Gasteiger charge is -2.14. The van der Waals surface area contributed by atoms with E-state index in [1.54, 1.807) is 11.8 Å². The highest BCUT2D eigenvalue weighted by Crippen LogP contribution is 2.16. The number of rotatable bonds is 11. The van der Waals surface area contributed by atoms with Crippen LogP contribution in [0.25, 0.3) is 0 Å². The summed E-state index contributed by atoms with van der Waals surface area (Å²) in [7, 11) is 4.01. The van der Waals surface area contributed by atoms with Gasteiger partial charge in [-0.15, -0.1) is 0 Å². The molecule has 0 aromatic carbocycles. The molecule has 0 aliphatic heterocycles. The van der Waals surface area contributed by atoms with Crippen LogP contribution in [0.5, 0.6) is 0 Å². The van der Waals surface area contributed by atoms with Crippen molar-refractivity contribution in [3.05, 3.63) is 69.7 Å². The molecule has 1 aromatic heterocycles. The van der Waals surface area contributed by atoms with Crippen LogP contribution in [0.4, 0.5) is 0 Å². The van der Waals surface area contributed by atoms with Crippen molar-refractivity contribution in [2.24, 2.45) is 0 Å². The largest absolute Gasteiger partial charge is 0.464 e. The van der Waals surface area contributed by atoms with Crippen LogP contribution in [0.1, 0.15) is 24.4 Å². The topological polar surface area (TPSA) is 83.6 Å². The highest BCUT2D eigenvalue weighted by atomic mass is 32.2. The summed E-state index contributed by atoms with van der Waals surface area (Å²) < 4.78 is 5.77. The van der Waals surface area contributed by atoms with Crippen LogP contribution in [-0.4, -0.2) is 36.2 Å². The van der Waals surface area contributed by atoms with Crippen LogP contribution in [-0.2, 0) is 12.3 Å². The molecule has 0 amide bonds. The summed E-state index contributed by atoms with van der Waals surface area (Å²) >= 11 is 1.73. The number of furan rings is 1. The van der Waals surface area contributed by atoms with E-state index in [1.165, 1.54) is 0 Å². The van der Waals surface area contributed by atoms with Crippen LogP contribution in [0.2, 0.25) is 0 Å². The first-order valence-electron chi connectivity index (χ1n) is 8.53. The van der Waals surface area contributed by atoms with Crippen LogP contribution < -0.4 is 10.6 Å². The van der Waals surface area contributed by atoms with Gasteiger partial charge >= 0.3 is 0 Å². The molecule has 0 radical (unpaired) electrons. The second-order valence-electron chi connectivity index (χ2n) is 6.18. The first-order valence-corrected chi connectivity index (χ1v) is 9.68. The fraction of sp³-hybridized carbons (Fsp3) is 0.444. The average Bonchev–Trinajstić information content (AvgIpc) is 3.01. The maximum Gasteiger partial charge on any atom is 0.274 e. The molecule has 0 saturated heterocycles. The van der Waals surface area contributed by atoms with E-state index in [9.17, 15) is 10.1 Å². The van der Waals surface area contributed by atoms with Crippen molar-refractivity contribution in [1.29, 1.82) is 0 Å². The number of allylic oxidation sites excluding steroid dienone is 3. The first-order chi connectivity index (χ1) is 12.5. The number of nitrogens with one attached hydrogen (secondary N) is 2. The van der Waals surface area contributed by atoms with E-state index in [-0.39, 0.29) is 0 Å². The molecule has 0 atom stereocenters. The lowest BCUT2D eigenvalue weighted by Crippen LogP contribution is -2.28. The molecule has 142 valence electrons. The summed E-state index contributed by atoms with van der Waals surface area (Å²) in [6.07, 6.45) is 8.75. The third-order valence-corrected chi connectivity index (χ3v) is 4.51. The molecule has 1 heterocycles. The standard InChI is InChI=1S/C18H26N4O3S/c1-21(2)12-16-8-9-17(25-16)14-26-11-10-19-18(13-22(23)24)20-15-6-4-3-5-7-15/h3-4,7-9,13,19-20H,5-6,10-12,14H2,1-2H3. The van der Waals surface area contributed by atoms with E-state index in [4.69, 9.17) is 4.42 Å². The minimum absolute atomic E-state index is 0.420. The third-order valence-electron chi connectivity index (χ3n) is 3.53. The molecule has 2 rings (SSSR count). The van der Waals surface area contributed by atoms with Crippen molar-refractivity contribution < 1.29 is 9.34 Å². The van der Waals surface area contributed by atoms with Gasteiger partial charge in [0, 0.05) is 24.4 Å². The van der Waals surface area contributed by atoms with Gasteiger partial charge in [-0.3, -0.25) is 10.1 Å². The minimum atomic E-state index is -0.448. The van der Waals surface area contributed by atoms with E-state index >= 15 is 0 Å². The Labute approximate surface area is 158 Å². The van der Waals surface area contributed by atoms with Crippen molar-refractivity contribution >= 4 is 11.8 Å². The smallest absolute Gasteiger partial charge is 0.274 e. The van der Waals surface area contributed by atoms with Crippen LogP contribution in [0.15, 0.2) is 52.5 Å². The zero-order chi connectivity index (χ0) is 18.8. The monoisotopic (exact) mass is 378 g/mol. The quantitative estimate of drug-likeness (QED) is 0.265. The van der Waals surface area contributed by atoms with E-state index in [2.05, 4.69) is 27.7 Å². The predicted molar refractivity (Wildman–Crippen MR) is 105 cm³/mol. The molecule has 0 fully saturated rings. The van der Waals surface area contributed by atoms with E-state index in [0.717, 1.165) is 54.3 Å². The van der Waals surface area contributed by atoms with Gasteiger partial charge in [0.15, 0.2) is 5.82 Å². The summed E-state index contributed by atoms with van der Waals surface area (Å²) in [6.45, 7) is 1.42. The Morgan fingerprint density at radius 2 is 2.19 bits per heavy atom. The maximum atomic E-state index is 10.8. The van der Waals surface area contributed by atoms with E-state index in [0.29, 0.717) is 12.4 Å². The maximum absolute atomic E-state index is 10.8. The Balaban J connectivity index is 1.71. The van der Waals surface area contributed by atoms with Gasteiger partial charge in [0.2, 0.25) is 0 Å². The zero-order valence-electron chi connectivity index (χ0n) is 15.2. The Morgan fingerprint density at radius 1 is 1.38 bits per heavy atom. The molecule has 0 unspecified atom stereocenters. The molecule has 2 N–H and O–H groups in total. The van der Waals surface area contributed by atoms with Gasteiger partial charge in [0.05, 0.1) is 17.2 Å². The fourth-order valence-corrected chi connectivity index (χ4v) is 3.18. The number of thioether (sulfide) groups is 1. The fourth-order valence-electron chi connectivity index (χ4n) is 2.43. The van der Waals surface area contributed by atoms with Crippen LogP contribution in [0, 0.1) is 10.1 Å². The Kier molecular flexibility index (Phi) is 8.30. The Morgan fingerprint density at radius 3 is 2.88 bits per heavy atom. The van der Waals surface area contributed by atoms with Crippen LogP contribution in [0.3, 0.4) is 0 Å². The van der Waals surface area contributed by atoms with Gasteiger partial charge in [-0.1, -0.05) is 18.2 Å². The summed E-state index contributed by atoms with van der Waals surface area (Å²) in [5, 5.41) is 17.0. The van der Waals surface area contributed by atoms with Crippen molar-refractivity contribution in [2.75, 3.05) is 26.4 Å². The molecule has 0 spiro atoms. The van der Waals surface area contributed by atoms with Crippen molar-refractivity contribution in [2.45, 2.75) is 25.1 Å². The Hall–Kier alpha value is -2.19. The normalized spacial score (nSPS) is 14.4. The zero-order valence-corrected chi connectivity index (χ0v) is 16.1. The molecule has 26 heavy (non-hydrogen) atoms. The average molecular weight is 378 g/mol. The van der Waals surface area contributed by atoms with Gasteiger partial charge in [-0.05, 0) is 32.6 Å². The number of hydrogen-bond donors (Lipinski definition) is 2. The van der Waals surface area contributed by atoms with Crippen LogP contribution >= 0.6 is 11.8 Å². The van der Waals surface area contributed by atoms with Gasteiger partial charge < -0.3 is 20.0 Å². The van der Waals surface area contributed by atoms with Gasteiger partial charge in [-0.2, -0.15) is 11.8 Å². The summed E-state index contributed by atoms with van der Waals surface area (Å²) in [5.74, 6) is 3.93. The molecule has 7 nitrogen and oxygen atoms in total.